The highest BCUT2D eigenvalue weighted by atomic mass is 16.4. The van der Waals surface area contributed by atoms with Gasteiger partial charge in [-0.25, -0.2) is 0 Å². The van der Waals surface area contributed by atoms with Crippen LogP contribution in [0.3, 0.4) is 0 Å². The second kappa shape index (κ2) is 5.36. The Morgan fingerprint density at radius 3 is 2.80 bits per heavy atom. The lowest BCUT2D eigenvalue weighted by molar-refractivity contribution is -0.138. The van der Waals surface area contributed by atoms with Gasteiger partial charge in [0.15, 0.2) is 0 Å². The number of hydrogen-bond acceptors (Lipinski definition) is 3. The maximum absolute atomic E-state index is 10.5. The van der Waals surface area contributed by atoms with Crippen molar-refractivity contribution < 1.29 is 9.90 Å². The van der Waals surface area contributed by atoms with Crippen molar-refractivity contribution in [2.24, 2.45) is 5.73 Å². The molecule has 1 atom stereocenters. The number of hydrogen-bond donors (Lipinski definition) is 3. The summed E-state index contributed by atoms with van der Waals surface area (Å²) in [6.07, 6.45) is 0.420. The van der Waals surface area contributed by atoms with Crippen LogP contribution in [-0.2, 0) is 4.79 Å². The number of benzene rings is 1. The molecule has 0 amide bonds. The zero-order valence-corrected chi connectivity index (χ0v) is 8.73. The van der Waals surface area contributed by atoms with Crippen LogP contribution >= 0.6 is 0 Å². The highest BCUT2D eigenvalue weighted by molar-refractivity contribution is 5.73. The van der Waals surface area contributed by atoms with E-state index in [1.165, 1.54) is 0 Å². The lowest BCUT2D eigenvalue weighted by atomic mass is 10.2. The molecule has 4 nitrogen and oxygen atoms in total. The van der Waals surface area contributed by atoms with Gasteiger partial charge in [0.05, 0.1) is 0 Å². The minimum absolute atomic E-state index is 0.420. The third-order valence-corrected chi connectivity index (χ3v) is 2.23. The molecule has 0 aromatic heterocycles. The largest absolute Gasteiger partial charge is 0.480 e. The summed E-state index contributed by atoms with van der Waals surface area (Å²) in [7, 11) is 0. The summed E-state index contributed by atoms with van der Waals surface area (Å²) in [5.74, 6) is -0.957. The molecule has 0 radical (unpaired) electrons. The zero-order valence-electron chi connectivity index (χ0n) is 8.73. The molecule has 0 saturated heterocycles. The van der Waals surface area contributed by atoms with Crippen molar-refractivity contribution in [2.75, 3.05) is 11.9 Å². The molecule has 0 saturated carbocycles. The van der Waals surface area contributed by atoms with Gasteiger partial charge >= 0.3 is 5.97 Å². The van der Waals surface area contributed by atoms with Gasteiger partial charge in [-0.2, -0.15) is 0 Å². The second-order valence-corrected chi connectivity index (χ2v) is 3.48. The summed E-state index contributed by atoms with van der Waals surface area (Å²) < 4.78 is 0. The molecular weight excluding hydrogens is 192 g/mol. The number of rotatable bonds is 5. The maximum Gasteiger partial charge on any atom is 0.320 e. The molecule has 1 aromatic rings. The molecule has 4 N–H and O–H groups in total. The van der Waals surface area contributed by atoms with Crippen LogP contribution in [0.2, 0.25) is 0 Å². The van der Waals surface area contributed by atoms with E-state index >= 15 is 0 Å². The summed E-state index contributed by atoms with van der Waals surface area (Å²) in [4.78, 5) is 10.5. The van der Waals surface area contributed by atoms with Gasteiger partial charge in [0.1, 0.15) is 6.04 Å². The summed E-state index contributed by atoms with van der Waals surface area (Å²) in [5, 5.41) is 11.7. The van der Waals surface area contributed by atoms with Crippen LogP contribution in [0.1, 0.15) is 12.0 Å². The van der Waals surface area contributed by atoms with E-state index in [-0.39, 0.29) is 0 Å². The van der Waals surface area contributed by atoms with Crippen LogP contribution < -0.4 is 11.1 Å². The number of anilines is 1. The second-order valence-electron chi connectivity index (χ2n) is 3.48. The Hall–Kier alpha value is -1.55. The molecule has 15 heavy (non-hydrogen) atoms. The Morgan fingerprint density at radius 2 is 2.20 bits per heavy atom. The fourth-order valence-electron chi connectivity index (χ4n) is 1.26. The fourth-order valence-corrected chi connectivity index (χ4v) is 1.26. The van der Waals surface area contributed by atoms with Crippen LogP contribution in [0.5, 0.6) is 0 Å². The lowest BCUT2D eigenvalue weighted by Crippen LogP contribution is -2.32. The van der Waals surface area contributed by atoms with Crippen LogP contribution in [0.15, 0.2) is 24.3 Å². The SMILES string of the molecule is Cc1ccccc1NCCC(N)C(=O)O. The van der Waals surface area contributed by atoms with E-state index in [4.69, 9.17) is 10.8 Å². The molecule has 1 unspecified atom stereocenters. The Bertz CT molecular complexity index is 339. The molecule has 0 heterocycles. The number of para-hydroxylation sites is 1. The number of carboxylic acids is 1. The van der Waals surface area contributed by atoms with Gasteiger partial charge in [-0.1, -0.05) is 18.2 Å². The monoisotopic (exact) mass is 208 g/mol. The first-order valence-corrected chi connectivity index (χ1v) is 4.89. The Morgan fingerprint density at radius 1 is 1.53 bits per heavy atom. The molecular formula is C11H16N2O2. The molecule has 0 aliphatic heterocycles. The lowest BCUT2D eigenvalue weighted by Gasteiger charge is -2.10. The van der Waals surface area contributed by atoms with Crippen LogP contribution in [0.25, 0.3) is 0 Å². The van der Waals surface area contributed by atoms with E-state index in [1.807, 2.05) is 31.2 Å². The molecule has 1 aromatic carbocycles. The van der Waals surface area contributed by atoms with Crippen LogP contribution in [0.4, 0.5) is 5.69 Å². The Labute approximate surface area is 89.1 Å². The van der Waals surface area contributed by atoms with E-state index < -0.39 is 12.0 Å². The summed E-state index contributed by atoms with van der Waals surface area (Å²) in [6.45, 7) is 2.57. The quantitative estimate of drug-likeness (QED) is 0.679. The molecule has 82 valence electrons. The molecule has 0 spiro atoms. The predicted molar refractivity (Wildman–Crippen MR) is 59.9 cm³/mol. The highest BCUT2D eigenvalue weighted by Gasteiger charge is 2.10. The van der Waals surface area contributed by atoms with Crippen molar-refractivity contribution in [1.82, 2.24) is 0 Å². The zero-order chi connectivity index (χ0) is 11.3. The van der Waals surface area contributed by atoms with Crippen molar-refractivity contribution in [1.29, 1.82) is 0 Å². The van der Waals surface area contributed by atoms with Gasteiger partial charge in [0.25, 0.3) is 0 Å². The number of carboxylic acid groups (broad SMARTS) is 1. The number of nitrogens with two attached hydrogens (primary N) is 1. The van der Waals surface area contributed by atoms with Crippen molar-refractivity contribution in [3.05, 3.63) is 29.8 Å². The van der Waals surface area contributed by atoms with Gasteiger partial charge < -0.3 is 16.2 Å². The molecule has 4 heteroatoms. The van der Waals surface area contributed by atoms with Crippen molar-refractivity contribution in [3.8, 4) is 0 Å². The molecule has 0 fully saturated rings. The Balaban J connectivity index is 2.38. The third kappa shape index (κ3) is 3.59. The van der Waals surface area contributed by atoms with Crippen molar-refractivity contribution in [3.63, 3.8) is 0 Å². The van der Waals surface area contributed by atoms with E-state index in [2.05, 4.69) is 5.32 Å². The van der Waals surface area contributed by atoms with Crippen LogP contribution in [-0.4, -0.2) is 23.7 Å². The molecule has 0 aliphatic carbocycles. The van der Waals surface area contributed by atoms with Crippen molar-refractivity contribution >= 4 is 11.7 Å². The predicted octanol–water partition coefficient (Wildman–Crippen LogP) is 1.21. The van der Waals surface area contributed by atoms with Gasteiger partial charge in [-0.15, -0.1) is 0 Å². The topological polar surface area (TPSA) is 75.3 Å². The number of aliphatic carboxylic acids is 1. The minimum Gasteiger partial charge on any atom is -0.480 e. The molecule has 0 aliphatic rings. The number of nitrogens with one attached hydrogen (secondary N) is 1. The smallest absolute Gasteiger partial charge is 0.320 e. The average Bonchev–Trinajstić information content (AvgIpc) is 2.20. The van der Waals surface area contributed by atoms with E-state index in [9.17, 15) is 4.79 Å². The van der Waals surface area contributed by atoms with Crippen molar-refractivity contribution in [2.45, 2.75) is 19.4 Å². The third-order valence-electron chi connectivity index (χ3n) is 2.23. The van der Waals surface area contributed by atoms with E-state index in [0.29, 0.717) is 13.0 Å². The van der Waals surface area contributed by atoms with Gasteiger partial charge in [0, 0.05) is 12.2 Å². The first-order chi connectivity index (χ1) is 7.11. The standard InChI is InChI=1S/C11H16N2O2/c1-8-4-2-3-5-10(8)13-7-6-9(12)11(14)15/h2-5,9,13H,6-7,12H2,1H3,(H,14,15). The minimum atomic E-state index is -0.957. The van der Waals surface area contributed by atoms with Gasteiger partial charge in [-0.05, 0) is 25.0 Å². The summed E-state index contributed by atoms with van der Waals surface area (Å²) in [5.41, 5.74) is 7.54. The highest BCUT2D eigenvalue weighted by Crippen LogP contribution is 2.12. The maximum atomic E-state index is 10.5. The molecule has 0 bridgehead atoms. The molecule has 1 rings (SSSR count). The van der Waals surface area contributed by atoms with Gasteiger partial charge in [-0.3, -0.25) is 4.79 Å². The first-order valence-electron chi connectivity index (χ1n) is 4.89. The van der Waals surface area contributed by atoms with Crippen LogP contribution in [0, 0.1) is 6.92 Å². The summed E-state index contributed by atoms with van der Waals surface area (Å²) >= 11 is 0. The normalized spacial score (nSPS) is 12.1. The first kappa shape index (κ1) is 11.5. The number of aryl methyl sites for hydroxylation is 1. The Kier molecular flexibility index (Phi) is 4.12. The average molecular weight is 208 g/mol. The van der Waals surface area contributed by atoms with E-state index in [0.717, 1.165) is 11.3 Å². The fraction of sp³-hybridized carbons (Fsp3) is 0.364. The summed E-state index contributed by atoms with van der Waals surface area (Å²) in [6, 6.07) is 7.07. The van der Waals surface area contributed by atoms with Gasteiger partial charge in [0.2, 0.25) is 0 Å². The van der Waals surface area contributed by atoms with E-state index in [1.54, 1.807) is 0 Å². The number of carbonyl (C=O) groups is 1.